The lowest BCUT2D eigenvalue weighted by atomic mass is 10.3. The Balaban J connectivity index is 2.09. The number of methoxy groups -OCH3 is 1. The third-order valence-corrected chi connectivity index (χ3v) is 2.16. The molecule has 17 heavy (non-hydrogen) atoms. The van der Waals surface area contributed by atoms with Gasteiger partial charge in [0.25, 0.3) is 0 Å². The molecular weight excluding hydrogens is 220 g/mol. The van der Waals surface area contributed by atoms with E-state index in [-0.39, 0.29) is 0 Å². The molecule has 0 aliphatic carbocycles. The van der Waals surface area contributed by atoms with E-state index in [1.807, 2.05) is 19.2 Å². The first-order valence-corrected chi connectivity index (χ1v) is 5.64. The molecule has 0 atom stereocenters. The zero-order valence-electron chi connectivity index (χ0n) is 10.4. The Hall–Kier alpha value is -1.17. The van der Waals surface area contributed by atoms with E-state index in [1.165, 1.54) is 0 Å². The second-order valence-electron chi connectivity index (χ2n) is 3.44. The summed E-state index contributed by atoms with van der Waals surface area (Å²) in [7, 11) is 3.53. The third kappa shape index (κ3) is 6.21. The molecule has 0 saturated carbocycles. The number of pyridine rings is 1. The van der Waals surface area contributed by atoms with Crippen molar-refractivity contribution in [2.45, 2.75) is 6.61 Å². The van der Waals surface area contributed by atoms with Gasteiger partial charge < -0.3 is 19.5 Å². The molecule has 5 heteroatoms. The van der Waals surface area contributed by atoms with Gasteiger partial charge in [0, 0.05) is 26.0 Å². The van der Waals surface area contributed by atoms with Crippen molar-refractivity contribution in [2.75, 3.05) is 45.9 Å². The second kappa shape index (κ2) is 8.92. The molecule has 0 aliphatic rings. The van der Waals surface area contributed by atoms with Gasteiger partial charge in [-0.25, -0.2) is 0 Å². The van der Waals surface area contributed by atoms with E-state index in [0.29, 0.717) is 33.0 Å². The average molecular weight is 240 g/mol. The number of ether oxygens (including phenoxy) is 3. The van der Waals surface area contributed by atoms with Crippen LogP contribution in [0.2, 0.25) is 0 Å². The first-order chi connectivity index (χ1) is 8.36. The van der Waals surface area contributed by atoms with Gasteiger partial charge in [-0.15, -0.1) is 0 Å². The SMILES string of the molecule is CNc1ccnc(COCCOCCOC)c1. The molecule has 0 aromatic carbocycles. The fourth-order valence-corrected chi connectivity index (χ4v) is 1.25. The van der Waals surface area contributed by atoms with Crippen LogP contribution in [0.25, 0.3) is 0 Å². The van der Waals surface area contributed by atoms with Crippen LogP contribution >= 0.6 is 0 Å². The van der Waals surface area contributed by atoms with Crippen LogP contribution in [0, 0.1) is 0 Å². The van der Waals surface area contributed by atoms with Crippen molar-refractivity contribution in [1.29, 1.82) is 0 Å². The van der Waals surface area contributed by atoms with Crippen LogP contribution < -0.4 is 5.32 Å². The number of hydrogen-bond donors (Lipinski definition) is 1. The van der Waals surface area contributed by atoms with Crippen molar-refractivity contribution in [3.63, 3.8) is 0 Å². The predicted octanol–water partition coefficient (Wildman–Crippen LogP) is 1.30. The molecule has 96 valence electrons. The van der Waals surface area contributed by atoms with Crippen molar-refractivity contribution >= 4 is 5.69 Å². The topological polar surface area (TPSA) is 52.6 Å². The fraction of sp³-hybridized carbons (Fsp3) is 0.583. The smallest absolute Gasteiger partial charge is 0.0889 e. The number of nitrogens with one attached hydrogen (secondary N) is 1. The molecule has 1 aromatic heterocycles. The van der Waals surface area contributed by atoms with E-state index in [4.69, 9.17) is 14.2 Å². The van der Waals surface area contributed by atoms with E-state index in [1.54, 1.807) is 13.3 Å². The van der Waals surface area contributed by atoms with Crippen LogP contribution in [-0.4, -0.2) is 45.6 Å². The number of aromatic nitrogens is 1. The van der Waals surface area contributed by atoms with Gasteiger partial charge in [-0.1, -0.05) is 0 Å². The highest BCUT2D eigenvalue weighted by molar-refractivity contribution is 5.42. The highest BCUT2D eigenvalue weighted by atomic mass is 16.5. The first-order valence-electron chi connectivity index (χ1n) is 5.64. The van der Waals surface area contributed by atoms with Gasteiger partial charge in [-0.2, -0.15) is 0 Å². The monoisotopic (exact) mass is 240 g/mol. The Bertz CT molecular complexity index is 308. The van der Waals surface area contributed by atoms with Gasteiger partial charge in [-0.3, -0.25) is 4.98 Å². The number of hydrogen-bond acceptors (Lipinski definition) is 5. The van der Waals surface area contributed by atoms with Crippen molar-refractivity contribution in [3.8, 4) is 0 Å². The zero-order valence-corrected chi connectivity index (χ0v) is 10.4. The summed E-state index contributed by atoms with van der Waals surface area (Å²) in [5, 5.41) is 3.06. The van der Waals surface area contributed by atoms with Crippen LogP contribution in [0.5, 0.6) is 0 Å². The molecule has 0 radical (unpaired) electrons. The minimum atomic E-state index is 0.503. The van der Waals surface area contributed by atoms with Crippen LogP contribution in [0.1, 0.15) is 5.69 Å². The third-order valence-electron chi connectivity index (χ3n) is 2.16. The van der Waals surface area contributed by atoms with Crippen molar-refractivity contribution in [2.24, 2.45) is 0 Å². The molecule has 0 unspecified atom stereocenters. The molecule has 1 heterocycles. The van der Waals surface area contributed by atoms with Crippen LogP contribution in [-0.2, 0) is 20.8 Å². The molecule has 0 amide bonds. The van der Waals surface area contributed by atoms with Crippen molar-refractivity contribution in [3.05, 3.63) is 24.0 Å². The standard InChI is InChI=1S/C12H20N2O3/c1-13-11-3-4-14-12(9-11)10-17-8-7-16-6-5-15-2/h3-4,9H,5-8,10H2,1-2H3,(H,13,14). The Morgan fingerprint density at radius 2 is 1.94 bits per heavy atom. The predicted molar refractivity (Wildman–Crippen MR) is 66.1 cm³/mol. The molecule has 0 saturated heterocycles. The van der Waals surface area contributed by atoms with Crippen LogP contribution in [0.15, 0.2) is 18.3 Å². The second-order valence-corrected chi connectivity index (χ2v) is 3.44. The molecule has 0 spiro atoms. The normalized spacial score (nSPS) is 10.5. The lowest BCUT2D eigenvalue weighted by Crippen LogP contribution is -2.08. The summed E-state index contributed by atoms with van der Waals surface area (Å²) < 4.78 is 15.6. The Morgan fingerprint density at radius 3 is 2.71 bits per heavy atom. The highest BCUT2D eigenvalue weighted by Crippen LogP contribution is 2.07. The maximum Gasteiger partial charge on any atom is 0.0889 e. The van der Waals surface area contributed by atoms with Crippen LogP contribution in [0.3, 0.4) is 0 Å². The zero-order chi connectivity index (χ0) is 12.3. The molecule has 1 N–H and O–H groups in total. The summed E-state index contributed by atoms with van der Waals surface area (Å²) in [5.41, 5.74) is 1.95. The summed E-state index contributed by atoms with van der Waals surface area (Å²) in [5.74, 6) is 0. The lowest BCUT2D eigenvalue weighted by molar-refractivity contribution is 0.0192. The Labute approximate surface area is 102 Å². The minimum Gasteiger partial charge on any atom is -0.388 e. The Kier molecular flexibility index (Phi) is 7.29. The van der Waals surface area contributed by atoms with Crippen molar-refractivity contribution < 1.29 is 14.2 Å². The van der Waals surface area contributed by atoms with Crippen molar-refractivity contribution in [1.82, 2.24) is 4.98 Å². The molecule has 0 bridgehead atoms. The molecular formula is C12H20N2O3. The van der Waals surface area contributed by atoms with E-state index in [2.05, 4.69) is 10.3 Å². The highest BCUT2D eigenvalue weighted by Gasteiger charge is 1.96. The molecule has 0 fully saturated rings. The van der Waals surface area contributed by atoms with Gasteiger partial charge in [0.2, 0.25) is 0 Å². The van der Waals surface area contributed by atoms with E-state index >= 15 is 0 Å². The fourth-order valence-electron chi connectivity index (χ4n) is 1.25. The number of nitrogens with zero attached hydrogens (tertiary/aromatic N) is 1. The molecule has 1 aromatic rings. The summed E-state index contributed by atoms with van der Waals surface area (Å²) >= 11 is 0. The van der Waals surface area contributed by atoms with Gasteiger partial charge in [0.15, 0.2) is 0 Å². The summed E-state index contributed by atoms with van der Waals surface area (Å²) in [6.45, 7) is 2.87. The van der Waals surface area contributed by atoms with Gasteiger partial charge in [-0.05, 0) is 12.1 Å². The lowest BCUT2D eigenvalue weighted by Gasteiger charge is -2.06. The minimum absolute atomic E-state index is 0.503. The maximum absolute atomic E-state index is 5.44. The van der Waals surface area contributed by atoms with Gasteiger partial charge in [0.1, 0.15) is 0 Å². The quantitative estimate of drug-likeness (QED) is 0.659. The summed E-state index contributed by atoms with van der Waals surface area (Å²) in [6, 6.07) is 3.88. The summed E-state index contributed by atoms with van der Waals surface area (Å²) in [4.78, 5) is 4.21. The average Bonchev–Trinajstić information content (AvgIpc) is 2.38. The maximum atomic E-state index is 5.44. The van der Waals surface area contributed by atoms with E-state index in [9.17, 15) is 0 Å². The molecule has 5 nitrogen and oxygen atoms in total. The number of anilines is 1. The summed E-state index contributed by atoms with van der Waals surface area (Å²) in [6.07, 6.45) is 1.76. The van der Waals surface area contributed by atoms with E-state index in [0.717, 1.165) is 11.4 Å². The van der Waals surface area contributed by atoms with E-state index < -0.39 is 0 Å². The number of rotatable bonds is 9. The van der Waals surface area contributed by atoms with Gasteiger partial charge >= 0.3 is 0 Å². The largest absolute Gasteiger partial charge is 0.388 e. The first kappa shape index (κ1) is 13.9. The molecule has 1 rings (SSSR count). The molecule has 0 aliphatic heterocycles. The van der Waals surface area contributed by atoms with Crippen LogP contribution in [0.4, 0.5) is 5.69 Å². The van der Waals surface area contributed by atoms with Gasteiger partial charge in [0.05, 0.1) is 38.7 Å². The Morgan fingerprint density at radius 1 is 1.18 bits per heavy atom.